The van der Waals surface area contributed by atoms with Gasteiger partial charge in [-0.3, -0.25) is 9.59 Å². The van der Waals surface area contributed by atoms with Gasteiger partial charge in [-0.1, -0.05) is 11.6 Å². The van der Waals surface area contributed by atoms with Gasteiger partial charge < -0.3 is 15.4 Å². The molecule has 5 rings (SSSR count). The Morgan fingerprint density at radius 3 is 2.72 bits per heavy atom. The molecule has 0 spiro atoms. The highest BCUT2D eigenvalue weighted by atomic mass is 35.5. The van der Waals surface area contributed by atoms with E-state index in [4.69, 9.17) is 16.3 Å². The van der Waals surface area contributed by atoms with E-state index >= 15 is 0 Å². The molecule has 2 amide bonds. The lowest BCUT2D eigenvalue weighted by atomic mass is 10.1. The van der Waals surface area contributed by atoms with Crippen molar-refractivity contribution < 1.29 is 14.3 Å². The number of anilines is 2. The van der Waals surface area contributed by atoms with Gasteiger partial charge in [0.15, 0.2) is 5.75 Å². The highest BCUT2D eigenvalue weighted by Crippen LogP contribution is 2.38. The summed E-state index contributed by atoms with van der Waals surface area (Å²) in [7, 11) is 0. The van der Waals surface area contributed by atoms with Gasteiger partial charge in [0.2, 0.25) is 0 Å². The number of ether oxygens (including phenoxy) is 1. The first kappa shape index (κ1) is 17.6. The van der Waals surface area contributed by atoms with Crippen LogP contribution in [0.3, 0.4) is 0 Å². The number of hydrogen-bond acceptors (Lipinski definition) is 6. The van der Waals surface area contributed by atoms with Crippen LogP contribution in [0.2, 0.25) is 5.02 Å². The second-order valence-corrected chi connectivity index (χ2v) is 7.29. The van der Waals surface area contributed by atoms with Crippen LogP contribution in [0, 0.1) is 0 Å². The Morgan fingerprint density at radius 2 is 1.83 bits per heavy atom. The number of hydrogen-bond donors (Lipinski definition) is 2. The molecule has 9 heteroatoms. The van der Waals surface area contributed by atoms with Crippen molar-refractivity contribution in [3.63, 3.8) is 0 Å². The van der Waals surface area contributed by atoms with Crippen molar-refractivity contribution in [1.29, 1.82) is 0 Å². The van der Waals surface area contributed by atoms with Crippen molar-refractivity contribution in [1.82, 2.24) is 8.75 Å². The van der Waals surface area contributed by atoms with Crippen molar-refractivity contribution in [3.05, 3.63) is 70.7 Å². The summed E-state index contributed by atoms with van der Waals surface area (Å²) in [4.78, 5) is 25.3. The zero-order valence-corrected chi connectivity index (χ0v) is 16.2. The zero-order valence-electron chi connectivity index (χ0n) is 14.6. The van der Waals surface area contributed by atoms with Gasteiger partial charge in [0, 0.05) is 16.3 Å². The van der Waals surface area contributed by atoms with Gasteiger partial charge in [-0.15, -0.1) is 0 Å². The molecule has 7 nitrogen and oxygen atoms in total. The lowest BCUT2D eigenvalue weighted by Crippen LogP contribution is -2.14. The zero-order chi connectivity index (χ0) is 20.0. The summed E-state index contributed by atoms with van der Waals surface area (Å²) in [5.41, 5.74) is 3.10. The molecule has 0 saturated heterocycles. The second-order valence-electron chi connectivity index (χ2n) is 6.33. The van der Waals surface area contributed by atoms with Crippen LogP contribution in [0.25, 0.3) is 11.0 Å². The first-order chi connectivity index (χ1) is 14.1. The maximum Gasteiger partial charge on any atom is 0.259 e. The molecular formula is C20H11ClN4O3S. The average Bonchev–Trinajstić information content (AvgIpc) is 3.13. The summed E-state index contributed by atoms with van der Waals surface area (Å²) >= 11 is 7.09. The molecule has 2 heterocycles. The second kappa shape index (κ2) is 6.84. The standard InChI is InChI=1S/C20H11ClN4O3S/c21-11-2-5-18-16(8-11)23-20(27)13-9-12(3-6-17(13)28-18)22-19(26)10-1-4-14-15(7-10)25-29-24-14/h1-9H,(H,22,26)(H,23,27). The number of amides is 2. The normalized spacial score (nSPS) is 12.4. The summed E-state index contributed by atoms with van der Waals surface area (Å²) in [6, 6.07) is 15.0. The first-order valence-electron chi connectivity index (χ1n) is 8.53. The number of aromatic nitrogens is 2. The maximum absolute atomic E-state index is 12.6. The van der Waals surface area contributed by atoms with Crippen molar-refractivity contribution in [2.24, 2.45) is 0 Å². The quantitative estimate of drug-likeness (QED) is 0.476. The monoisotopic (exact) mass is 422 g/mol. The fourth-order valence-electron chi connectivity index (χ4n) is 3.00. The Balaban J connectivity index is 1.43. The molecule has 0 saturated carbocycles. The number of carbonyl (C=O) groups excluding carboxylic acids is 2. The minimum Gasteiger partial charge on any atom is -0.454 e. The molecule has 0 fully saturated rings. The summed E-state index contributed by atoms with van der Waals surface area (Å²) in [6.45, 7) is 0. The van der Waals surface area contributed by atoms with Crippen LogP contribution in [0.1, 0.15) is 20.7 Å². The number of rotatable bonds is 2. The number of carbonyl (C=O) groups is 2. The molecule has 0 unspecified atom stereocenters. The predicted octanol–water partition coefficient (Wildman–Crippen LogP) is 4.96. The molecule has 0 radical (unpaired) electrons. The van der Waals surface area contributed by atoms with Crippen molar-refractivity contribution >= 4 is 57.6 Å². The number of halogens is 1. The van der Waals surface area contributed by atoms with Crippen LogP contribution in [0.5, 0.6) is 11.5 Å². The third-order valence-electron chi connectivity index (χ3n) is 4.41. The summed E-state index contributed by atoms with van der Waals surface area (Å²) in [6.07, 6.45) is 0. The molecule has 0 bridgehead atoms. The van der Waals surface area contributed by atoms with Crippen LogP contribution in [-0.2, 0) is 0 Å². The maximum atomic E-state index is 12.6. The van der Waals surface area contributed by atoms with Crippen molar-refractivity contribution in [3.8, 4) is 11.5 Å². The van der Waals surface area contributed by atoms with Gasteiger partial charge >= 0.3 is 0 Å². The first-order valence-corrected chi connectivity index (χ1v) is 9.64. The minimum absolute atomic E-state index is 0.300. The van der Waals surface area contributed by atoms with Gasteiger partial charge in [0.1, 0.15) is 16.8 Å². The van der Waals surface area contributed by atoms with E-state index in [1.54, 1.807) is 54.6 Å². The molecule has 4 aromatic rings. The van der Waals surface area contributed by atoms with Gasteiger partial charge in [-0.25, -0.2) is 0 Å². The van der Waals surface area contributed by atoms with Gasteiger partial charge in [-0.2, -0.15) is 8.75 Å². The van der Waals surface area contributed by atoms with Gasteiger partial charge in [-0.05, 0) is 54.6 Å². The topological polar surface area (TPSA) is 93.2 Å². The third kappa shape index (κ3) is 3.28. The third-order valence-corrected chi connectivity index (χ3v) is 5.20. The van der Waals surface area contributed by atoms with Crippen LogP contribution < -0.4 is 15.4 Å². The van der Waals surface area contributed by atoms with E-state index in [0.717, 1.165) is 17.2 Å². The lowest BCUT2D eigenvalue weighted by Gasteiger charge is -2.10. The molecular weight excluding hydrogens is 412 g/mol. The van der Waals surface area contributed by atoms with Gasteiger partial charge in [0.05, 0.1) is 23.0 Å². The summed E-state index contributed by atoms with van der Waals surface area (Å²) < 4.78 is 14.1. The molecule has 2 N–H and O–H groups in total. The van der Waals surface area contributed by atoms with E-state index in [0.29, 0.717) is 44.5 Å². The minimum atomic E-state index is -0.355. The van der Waals surface area contributed by atoms with Crippen LogP contribution in [0.15, 0.2) is 54.6 Å². The molecule has 1 aromatic heterocycles. The Bertz CT molecular complexity index is 1300. The SMILES string of the molecule is O=C(Nc1ccc2c(c1)C(=O)Nc1cc(Cl)ccc1O2)c1ccc2nsnc2c1. The Hall–Kier alpha value is -3.49. The number of nitrogens with zero attached hydrogens (tertiary/aromatic N) is 2. The summed E-state index contributed by atoms with van der Waals surface area (Å²) in [5.74, 6) is 0.206. The fourth-order valence-corrected chi connectivity index (χ4v) is 3.69. The molecule has 0 atom stereocenters. The number of benzene rings is 3. The summed E-state index contributed by atoms with van der Waals surface area (Å²) in [5, 5.41) is 6.05. The highest BCUT2D eigenvalue weighted by Gasteiger charge is 2.22. The fraction of sp³-hybridized carbons (Fsp3) is 0. The molecule has 0 aliphatic carbocycles. The van der Waals surface area contributed by atoms with E-state index in [1.807, 2.05) is 0 Å². The van der Waals surface area contributed by atoms with E-state index in [9.17, 15) is 9.59 Å². The molecule has 142 valence electrons. The number of nitrogens with one attached hydrogen (secondary N) is 2. The largest absolute Gasteiger partial charge is 0.454 e. The highest BCUT2D eigenvalue weighted by molar-refractivity contribution is 7.00. The van der Waals surface area contributed by atoms with E-state index in [-0.39, 0.29) is 11.8 Å². The van der Waals surface area contributed by atoms with E-state index < -0.39 is 0 Å². The van der Waals surface area contributed by atoms with Crippen molar-refractivity contribution in [2.45, 2.75) is 0 Å². The Labute approximate surface area is 173 Å². The van der Waals surface area contributed by atoms with E-state index in [1.165, 1.54) is 0 Å². The van der Waals surface area contributed by atoms with Crippen LogP contribution >= 0.6 is 23.3 Å². The van der Waals surface area contributed by atoms with Gasteiger partial charge in [0.25, 0.3) is 11.8 Å². The number of fused-ring (bicyclic) bond motifs is 3. The Morgan fingerprint density at radius 1 is 1.00 bits per heavy atom. The molecule has 1 aliphatic heterocycles. The lowest BCUT2D eigenvalue weighted by molar-refractivity contribution is 0.101. The van der Waals surface area contributed by atoms with E-state index in [2.05, 4.69) is 19.4 Å². The predicted molar refractivity (Wildman–Crippen MR) is 111 cm³/mol. The smallest absolute Gasteiger partial charge is 0.259 e. The molecule has 1 aliphatic rings. The Kier molecular flexibility index (Phi) is 4.15. The van der Waals surface area contributed by atoms with Crippen LogP contribution in [-0.4, -0.2) is 20.6 Å². The molecule has 3 aromatic carbocycles. The van der Waals surface area contributed by atoms with Crippen LogP contribution in [0.4, 0.5) is 11.4 Å². The molecule has 29 heavy (non-hydrogen) atoms. The van der Waals surface area contributed by atoms with Crippen molar-refractivity contribution in [2.75, 3.05) is 10.6 Å². The average molecular weight is 423 g/mol.